The zero-order chi connectivity index (χ0) is 17.4. The van der Waals surface area contributed by atoms with Crippen molar-refractivity contribution in [1.29, 1.82) is 0 Å². The maximum Gasteiger partial charge on any atom is 0.194 e. The molecule has 1 N–H and O–H groups in total. The van der Waals surface area contributed by atoms with Crippen LogP contribution in [0.3, 0.4) is 0 Å². The van der Waals surface area contributed by atoms with Crippen molar-refractivity contribution >= 4 is 17.7 Å². The Morgan fingerprint density at radius 2 is 2.20 bits per heavy atom. The van der Waals surface area contributed by atoms with Crippen molar-refractivity contribution in [2.24, 2.45) is 4.99 Å². The van der Waals surface area contributed by atoms with Crippen LogP contribution in [0.2, 0.25) is 0 Å². The normalized spacial score (nSPS) is 27.0. The van der Waals surface area contributed by atoms with Gasteiger partial charge in [-0.15, -0.1) is 0 Å². The summed E-state index contributed by atoms with van der Waals surface area (Å²) in [5.74, 6) is 2.30. The van der Waals surface area contributed by atoms with Crippen molar-refractivity contribution in [1.82, 2.24) is 10.2 Å². The van der Waals surface area contributed by atoms with Crippen LogP contribution in [-0.4, -0.2) is 73.5 Å². The Bertz CT molecular complexity index is 415. The molecule has 3 aliphatic rings. The van der Waals surface area contributed by atoms with Crippen LogP contribution in [0.25, 0.3) is 0 Å². The lowest BCUT2D eigenvalue weighted by Crippen LogP contribution is -2.53. The summed E-state index contributed by atoms with van der Waals surface area (Å²) in [6.07, 6.45) is 9.57. The Balaban J connectivity index is 1.46. The fraction of sp³-hybridized carbons (Fsp3) is 0.947. The van der Waals surface area contributed by atoms with E-state index in [0.29, 0.717) is 17.5 Å². The molecule has 0 bridgehead atoms. The quantitative estimate of drug-likeness (QED) is 0.443. The molecule has 1 atom stereocenters. The zero-order valence-electron chi connectivity index (χ0n) is 15.8. The van der Waals surface area contributed by atoms with Gasteiger partial charge in [0.2, 0.25) is 0 Å². The number of nitrogens with zero attached hydrogens (tertiary/aromatic N) is 2. The smallest absolute Gasteiger partial charge is 0.194 e. The summed E-state index contributed by atoms with van der Waals surface area (Å²) in [5, 5.41) is 3.49. The number of guanidine groups is 1. The molecule has 2 heterocycles. The fourth-order valence-electron chi connectivity index (χ4n) is 4.16. The summed E-state index contributed by atoms with van der Waals surface area (Å²) in [4.78, 5) is 7.33. The minimum absolute atomic E-state index is 0.308. The third kappa shape index (κ3) is 5.76. The first-order valence-electron chi connectivity index (χ1n) is 10.2. The number of hydrogen-bond donors (Lipinski definition) is 1. The molecular weight excluding hydrogens is 334 g/mol. The van der Waals surface area contributed by atoms with Gasteiger partial charge < -0.3 is 19.7 Å². The molecule has 0 aromatic carbocycles. The van der Waals surface area contributed by atoms with E-state index in [1.165, 1.54) is 44.3 Å². The molecule has 144 valence electrons. The SMILES string of the molecule is CCNC(=NCCOCC1CCCO1)N1CCSC2(CCCCC2)C1. The Morgan fingerprint density at radius 3 is 2.96 bits per heavy atom. The average molecular weight is 370 g/mol. The van der Waals surface area contributed by atoms with Gasteiger partial charge in [-0.1, -0.05) is 19.3 Å². The molecule has 2 aliphatic heterocycles. The van der Waals surface area contributed by atoms with Crippen LogP contribution >= 0.6 is 11.8 Å². The van der Waals surface area contributed by atoms with Gasteiger partial charge in [0.05, 0.1) is 25.9 Å². The van der Waals surface area contributed by atoms with Crippen molar-refractivity contribution < 1.29 is 9.47 Å². The van der Waals surface area contributed by atoms with E-state index in [9.17, 15) is 0 Å². The standard InChI is InChI=1S/C19H35N3O2S/c1-2-20-18(21-10-13-23-15-17-7-6-12-24-17)22-11-14-25-19(16-22)8-4-3-5-9-19/h17H,2-16H2,1H3,(H,20,21). The van der Waals surface area contributed by atoms with Crippen LogP contribution in [0, 0.1) is 0 Å². The molecule has 1 aliphatic carbocycles. The second-order valence-corrected chi connectivity index (χ2v) is 9.02. The minimum Gasteiger partial charge on any atom is -0.377 e. The summed E-state index contributed by atoms with van der Waals surface area (Å²) in [5.41, 5.74) is 0. The lowest BCUT2D eigenvalue weighted by atomic mass is 9.87. The third-order valence-electron chi connectivity index (χ3n) is 5.47. The summed E-state index contributed by atoms with van der Waals surface area (Å²) < 4.78 is 11.8. The van der Waals surface area contributed by atoms with E-state index in [1.807, 2.05) is 0 Å². The highest BCUT2D eigenvalue weighted by Gasteiger charge is 2.38. The summed E-state index contributed by atoms with van der Waals surface area (Å²) in [7, 11) is 0. The highest BCUT2D eigenvalue weighted by atomic mass is 32.2. The van der Waals surface area contributed by atoms with E-state index < -0.39 is 0 Å². The van der Waals surface area contributed by atoms with E-state index in [0.717, 1.165) is 51.8 Å². The first-order chi connectivity index (χ1) is 12.3. The van der Waals surface area contributed by atoms with Crippen molar-refractivity contribution in [3.63, 3.8) is 0 Å². The van der Waals surface area contributed by atoms with Crippen LogP contribution < -0.4 is 5.32 Å². The molecule has 2 saturated heterocycles. The molecular formula is C19H35N3O2S. The highest BCUT2D eigenvalue weighted by Crippen LogP contribution is 2.42. The van der Waals surface area contributed by atoms with Crippen LogP contribution in [0.5, 0.6) is 0 Å². The monoisotopic (exact) mass is 369 g/mol. The molecule has 3 rings (SSSR count). The number of ether oxygens (including phenoxy) is 2. The van der Waals surface area contributed by atoms with Gasteiger partial charge in [0.1, 0.15) is 0 Å². The summed E-state index contributed by atoms with van der Waals surface area (Å²) in [6, 6.07) is 0. The summed E-state index contributed by atoms with van der Waals surface area (Å²) in [6.45, 7) is 8.36. The third-order valence-corrected chi connectivity index (χ3v) is 7.01. The van der Waals surface area contributed by atoms with Crippen LogP contribution in [0.4, 0.5) is 0 Å². The van der Waals surface area contributed by atoms with Gasteiger partial charge in [-0.25, -0.2) is 0 Å². The number of thioether (sulfide) groups is 1. The van der Waals surface area contributed by atoms with Gasteiger partial charge in [-0.05, 0) is 32.6 Å². The van der Waals surface area contributed by atoms with E-state index in [4.69, 9.17) is 14.5 Å². The van der Waals surface area contributed by atoms with Crippen LogP contribution in [0.15, 0.2) is 4.99 Å². The molecule has 6 heteroatoms. The van der Waals surface area contributed by atoms with Crippen molar-refractivity contribution in [3.05, 3.63) is 0 Å². The van der Waals surface area contributed by atoms with E-state index in [-0.39, 0.29) is 0 Å². The number of nitrogens with one attached hydrogen (secondary N) is 1. The van der Waals surface area contributed by atoms with E-state index in [2.05, 4.69) is 28.9 Å². The second-order valence-electron chi connectivity index (χ2n) is 7.46. The van der Waals surface area contributed by atoms with Crippen molar-refractivity contribution in [3.8, 4) is 0 Å². The molecule has 0 aromatic rings. The van der Waals surface area contributed by atoms with Gasteiger partial charge in [-0.3, -0.25) is 4.99 Å². The molecule has 0 radical (unpaired) electrons. The van der Waals surface area contributed by atoms with E-state index >= 15 is 0 Å². The molecule has 25 heavy (non-hydrogen) atoms. The molecule has 1 unspecified atom stereocenters. The van der Waals surface area contributed by atoms with Gasteiger partial charge >= 0.3 is 0 Å². The van der Waals surface area contributed by atoms with Crippen molar-refractivity contribution in [2.75, 3.05) is 51.8 Å². The largest absolute Gasteiger partial charge is 0.377 e. The van der Waals surface area contributed by atoms with Crippen molar-refractivity contribution in [2.45, 2.75) is 62.7 Å². The number of hydrogen-bond acceptors (Lipinski definition) is 4. The molecule has 1 saturated carbocycles. The Labute approximate surface area is 157 Å². The maximum absolute atomic E-state index is 5.76. The van der Waals surface area contributed by atoms with Crippen LogP contribution in [-0.2, 0) is 9.47 Å². The second kappa shape index (κ2) is 10.0. The molecule has 5 nitrogen and oxygen atoms in total. The fourth-order valence-corrected chi connectivity index (χ4v) is 5.73. The number of aliphatic imine (C=N–C) groups is 1. The lowest BCUT2D eigenvalue weighted by Gasteiger charge is -2.45. The zero-order valence-corrected chi connectivity index (χ0v) is 16.6. The number of rotatable bonds is 6. The predicted octanol–water partition coefficient (Wildman–Crippen LogP) is 2.90. The first kappa shape index (κ1) is 19.3. The summed E-state index contributed by atoms with van der Waals surface area (Å²) >= 11 is 2.21. The van der Waals surface area contributed by atoms with Gasteiger partial charge in [-0.2, -0.15) is 11.8 Å². The minimum atomic E-state index is 0.308. The van der Waals surface area contributed by atoms with Gasteiger partial charge in [0, 0.05) is 36.7 Å². The van der Waals surface area contributed by atoms with Crippen LogP contribution in [0.1, 0.15) is 51.9 Å². The Morgan fingerprint density at radius 1 is 1.32 bits per heavy atom. The topological polar surface area (TPSA) is 46.1 Å². The highest BCUT2D eigenvalue weighted by molar-refractivity contribution is 8.00. The van der Waals surface area contributed by atoms with Gasteiger partial charge in [0.15, 0.2) is 5.96 Å². The average Bonchev–Trinajstić information content (AvgIpc) is 3.15. The molecule has 3 fully saturated rings. The Kier molecular flexibility index (Phi) is 7.74. The predicted molar refractivity (Wildman–Crippen MR) is 106 cm³/mol. The van der Waals surface area contributed by atoms with Gasteiger partial charge in [0.25, 0.3) is 0 Å². The first-order valence-corrected chi connectivity index (χ1v) is 11.2. The molecule has 1 spiro atoms. The Hall–Kier alpha value is -0.460. The lowest BCUT2D eigenvalue weighted by molar-refractivity contribution is 0.0199. The maximum atomic E-state index is 5.76. The molecule has 0 aromatic heterocycles. The van der Waals surface area contributed by atoms with E-state index in [1.54, 1.807) is 0 Å². The molecule has 0 amide bonds.